The van der Waals surface area contributed by atoms with Crippen LogP contribution in [-0.4, -0.2) is 74.0 Å². The molecule has 0 bridgehead atoms. The summed E-state index contributed by atoms with van der Waals surface area (Å²) >= 11 is 0. The number of esters is 1. The predicted octanol–water partition coefficient (Wildman–Crippen LogP) is 4.25. The minimum Gasteiger partial charge on any atom is -0.493 e. The fourth-order valence-corrected chi connectivity index (χ4v) is 4.70. The molecule has 0 saturated carbocycles. The average Bonchev–Trinajstić information content (AvgIpc) is 3.05. The molecule has 13 nitrogen and oxygen atoms in total. The van der Waals surface area contributed by atoms with Gasteiger partial charge in [-0.3, -0.25) is 19.2 Å². The van der Waals surface area contributed by atoms with Gasteiger partial charge in [0, 0.05) is 17.2 Å². The number of benzene rings is 2. The Bertz CT molecular complexity index is 1440. The Morgan fingerprint density at radius 1 is 0.915 bits per heavy atom. The number of allylic oxidation sites excluding steroid dienone is 1. The Kier molecular flexibility index (Phi) is 14.4. The minimum atomic E-state index is -1.24. The van der Waals surface area contributed by atoms with Gasteiger partial charge < -0.3 is 40.4 Å². The van der Waals surface area contributed by atoms with E-state index in [1.807, 2.05) is 0 Å². The number of carboxylic acids is 1. The van der Waals surface area contributed by atoms with Gasteiger partial charge >= 0.3 is 18.0 Å². The number of aliphatic hydroxyl groups is 1. The summed E-state index contributed by atoms with van der Waals surface area (Å²) in [6.07, 6.45) is 3.35. The van der Waals surface area contributed by atoms with E-state index in [1.54, 1.807) is 62.4 Å². The van der Waals surface area contributed by atoms with E-state index in [1.165, 1.54) is 34.1 Å². The van der Waals surface area contributed by atoms with Crippen LogP contribution in [0.3, 0.4) is 0 Å². The number of carbonyl (C=O) groups is 5. The SMILES string of the molecule is CCC(C)(CC(CC(C)(C)C(=O)O)C(=O)NCO)C(=O)OCCNC(=O)Nc1ccc(C(=O)/C=C/c2ccc(OC)c(OC)c2)cc1. The van der Waals surface area contributed by atoms with E-state index >= 15 is 0 Å². The second kappa shape index (κ2) is 17.7. The maximum Gasteiger partial charge on any atom is 0.319 e. The quantitative estimate of drug-likeness (QED) is 0.0510. The van der Waals surface area contributed by atoms with E-state index in [0.29, 0.717) is 29.2 Å². The number of anilines is 1. The first-order valence-corrected chi connectivity index (χ1v) is 15.1. The van der Waals surface area contributed by atoms with Gasteiger partial charge in [0.2, 0.25) is 5.91 Å². The molecular formula is C34H45N3O10. The predicted molar refractivity (Wildman–Crippen MR) is 175 cm³/mol. The maximum atomic E-state index is 13.0. The number of aliphatic carboxylic acids is 1. The van der Waals surface area contributed by atoms with Gasteiger partial charge in [-0.15, -0.1) is 0 Å². The van der Waals surface area contributed by atoms with Gasteiger partial charge in [0.05, 0.1) is 31.6 Å². The Hall–Kier alpha value is -4.91. The van der Waals surface area contributed by atoms with Crippen LogP contribution in [0.4, 0.5) is 10.5 Å². The number of aliphatic hydroxyl groups excluding tert-OH is 1. The van der Waals surface area contributed by atoms with Crippen LogP contribution in [-0.2, 0) is 19.1 Å². The summed E-state index contributed by atoms with van der Waals surface area (Å²) in [5.74, 6) is -2.23. The third-order valence-electron chi connectivity index (χ3n) is 7.81. The van der Waals surface area contributed by atoms with Gasteiger partial charge in [0.25, 0.3) is 0 Å². The number of carbonyl (C=O) groups excluding carboxylic acids is 4. The highest BCUT2D eigenvalue weighted by Crippen LogP contribution is 2.37. The zero-order chi connectivity index (χ0) is 35.2. The summed E-state index contributed by atoms with van der Waals surface area (Å²) in [5, 5.41) is 26.2. The molecule has 47 heavy (non-hydrogen) atoms. The van der Waals surface area contributed by atoms with Crippen LogP contribution in [0.2, 0.25) is 0 Å². The molecule has 0 aromatic heterocycles. The number of methoxy groups -OCH3 is 2. The highest BCUT2D eigenvalue weighted by molar-refractivity contribution is 6.07. The fraction of sp³-hybridized carbons (Fsp3) is 0.441. The molecule has 0 saturated heterocycles. The van der Waals surface area contributed by atoms with E-state index < -0.39 is 47.4 Å². The van der Waals surface area contributed by atoms with Crippen LogP contribution in [0.1, 0.15) is 62.9 Å². The summed E-state index contributed by atoms with van der Waals surface area (Å²) in [6.45, 7) is 5.59. The van der Waals surface area contributed by atoms with Crippen molar-refractivity contribution in [3.63, 3.8) is 0 Å². The van der Waals surface area contributed by atoms with Crippen molar-refractivity contribution < 1.29 is 48.4 Å². The monoisotopic (exact) mass is 655 g/mol. The molecule has 5 N–H and O–H groups in total. The number of ketones is 1. The molecular weight excluding hydrogens is 610 g/mol. The number of urea groups is 1. The van der Waals surface area contributed by atoms with Crippen molar-refractivity contribution in [2.24, 2.45) is 16.7 Å². The first-order valence-electron chi connectivity index (χ1n) is 15.1. The van der Waals surface area contributed by atoms with Crippen LogP contribution in [0, 0.1) is 16.7 Å². The molecule has 0 heterocycles. The van der Waals surface area contributed by atoms with Crippen LogP contribution in [0.15, 0.2) is 48.5 Å². The molecule has 0 radical (unpaired) electrons. The highest BCUT2D eigenvalue weighted by atomic mass is 16.5. The van der Waals surface area contributed by atoms with E-state index in [4.69, 9.17) is 19.3 Å². The van der Waals surface area contributed by atoms with Crippen molar-refractivity contribution in [3.8, 4) is 11.5 Å². The van der Waals surface area contributed by atoms with Gasteiger partial charge in [0.1, 0.15) is 13.3 Å². The number of amides is 3. The number of rotatable bonds is 18. The highest BCUT2D eigenvalue weighted by Gasteiger charge is 2.41. The number of nitrogens with one attached hydrogen (secondary N) is 3. The van der Waals surface area contributed by atoms with Crippen LogP contribution in [0.5, 0.6) is 11.5 Å². The Balaban J connectivity index is 1.89. The Morgan fingerprint density at radius 3 is 2.15 bits per heavy atom. The van der Waals surface area contributed by atoms with Gasteiger partial charge in [-0.2, -0.15) is 0 Å². The smallest absolute Gasteiger partial charge is 0.319 e. The molecule has 0 aliphatic rings. The molecule has 13 heteroatoms. The standard InChI is InChI=1S/C34H45N3O10/c1-7-34(4,20-24(29(40)36-21-38)19-33(2,3)30(41)42)31(43)47-17-16-35-32(44)37-25-12-10-23(11-13-25)26(39)14-8-22-9-15-27(45-5)28(18-22)46-6/h8-15,18,24,38H,7,16-17,19-21H2,1-6H3,(H,36,40)(H,41,42)(H2,35,37,44)/b14-8+. The maximum absolute atomic E-state index is 13.0. The largest absolute Gasteiger partial charge is 0.493 e. The lowest BCUT2D eigenvalue weighted by molar-refractivity contribution is -0.157. The topological polar surface area (TPSA) is 190 Å². The second-order valence-electron chi connectivity index (χ2n) is 11.8. The Morgan fingerprint density at radius 2 is 1.57 bits per heavy atom. The molecule has 2 rings (SSSR count). The van der Waals surface area contributed by atoms with E-state index in [-0.39, 0.29) is 31.8 Å². The minimum absolute atomic E-state index is 0.00328. The average molecular weight is 656 g/mol. The molecule has 256 valence electrons. The molecule has 2 aromatic rings. The van der Waals surface area contributed by atoms with E-state index in [9.17, 15) is 29.1 Å². The van der Waals surface area contributed by atoms with Crippen LogP contribution in [0.25, 0.3) is 6.08 Å². The normalized spacial score (nSPS) is 13.2. The molecule has 0 aliphatic heterocycles. The van der Waals surface area contributed by atoms with Crippen molar-refractivity contribution in [3.05, 3.63) is 59.7 Å². The molecule has 3 amide bonds. The van der Waals surface area contributed by atoms with Gasteiger partial charge in [-0.1, -0.05) is 19.1 Å². The second-order valence-corrected chi connectivity index (χ2v) is 11.8. The Labute approximate surface area is 274 Å². The lowest BCUT2D eigenvalue weighted by Crippen LogP contribution is -2.41. The first-order chi connectivity index (χ1) is 22.2. The van der Waals surface area contributed by atoms with Crippen molar-refractivity contribution >= 4 is 41.4 Å². The lowest BCUT2D eigenvalue weighted by atomic mass is 9.73. The van der Waals surface area contributed by atoms with Gasteiger partial charge in [-0.05, 0) is 88.1 Å². The van der Waals surface area contributed by atoms with Crippen molar-refractivity contribution in [1.29, 1.82) is 0 Å². The fourth-order valence-electron chi connectivity index (χ4n) is 4.70. The summed E-state index contributed by atoms with van der Waals surface area (Å²) in [6, 6.07) is 11.1. The molecule has 2 atom stereocenters. The number of ether oxygens (including phenoxy) is 3. The number of carboxylic acid groups (broad SMARTS) is 1. The molecule has 0 aliphatic carbocycles. The van der Waals surface area contributed by atoms with Crippen molar-refractivity contribution in [2.45, 2.75) is 47.0 Å². The van der Waals surface area contributed by atoms with Gasteiger partial charge in [0.15, 0.2) is 17.3 Å². The third-order valence-corrected chi connectivity index (χ3v) is 7.81. The van der Waals surface area contributed by atoms with Crippen molar-refractivity contribution in [1.82, 2.24) is 10.6 Å². The molecule has 0 spiro atoms. The summed E-state index contributed by atoms with van der Waals surface area (Å²) in [4.78, 5) is 62.3. The zero-order valence-corrected chi connectivity index (χ0v) is 27.7. The summed E-state index contributed by atoms with van der Waals surface area (Å²) in [5.41, 5.74) is -0.751. The van der Waals surface area contributed by atoms with Crippen molar-refractivity contribution in [2.75, 3.05) is 39.4 Å². The molecule has 0 fully saturated rings. The molecule has 2 unspecified atom stereocenters. The van der Waals surface area contributed by atoms with Gasteiger partial charge in [-0.25, -0.2) is 4.79 Å². The third kappa shape index (κ3) is 11.4. The molecule has 2 aromatic carbocycles. The summed E-state index contributed by atoms with van der Waals surface area (Å²) in [7, 11) is 3.07. The zero-order valence-electron chi connectivity index (χ0n) is 27.7. The number of hydrogen-bond acceptors (Lipinski definition) is 9. The first kappa shape index (κ1) is 38.3. The summed E-state index contributed by atoms with van der Waals surface area (Å²) < 4.78 is 15.9. The van der Waals surface area contributed by atoms with Crippen LogP contribution >= 0.6 is 0 Å². The van der Waals surface area contributed by atoms with Crippen LogP contribution < -0.4 is 25.4 Å². The lowest BCUT2D eigenvalue weighted by Gasteiger charge is -2.32. The van der Waals surface area contributed by atoms with E-state index in [2.05, 4.69) is 16.0 Å². The number of hydrogen-bond donors (Lipinski definition) is 5. The van der Waals surface area contributed by atoms with E-state index in [0.717, 1.165) is 5.56 Å².